The van der Waals surface area contributed by atoms with Gasteiger partial charge in [-0.15, -0.1) is 0 Å². The Hall–Kier alpha value is -1.45. The third-order valence-electron chi connectivity index (χ3n) is 1.26. The zero-order valence-corrected chi connectivity index (χ0v) is 4.59. The van der Waals surface area contributed by atoms with Gasteiger partial charge < -0.3 is 4.98 Å². The second-order valence-corrected chi connectivity index (χ2v) is 1.82. The molecule has 2 aromatic rings. The third-order valence-corrected chi connectivity index (χ3v) is 1.26. The van der Waals surface area contributed by atoms with Gasteiger partial charge in [0.2, 0.25) is 0 Å². The highest BCUT2D eigenvalue weighted by Crippen LogP contribution is 1.92. The average Bonchev–Trinajstić information content (AvgIpc) is 2.35. The SMILES string of the molecule is O=c1[nH]cc2cc[nH]n12. The average molecular weight is 123 g/mol. The van der Waals surface area contributed by atoms with Crippen LogP contribution < -0.4 is 5.69 Å². The first kappa shape index (κ1) is 4.43. The Morgan fingerprint density at radius 2 is 2.44 bits per heavy atom. The van der Waals surface area contributed by atoms with E-state index in [2.05, 4.69) is 10.1 Å². The van der Waals surface area contributed by atoms with Crippen molar-refractivity contribution >= 4 is 5.52 Å². The van der Waals surface area contributed by atoms with Gasteiger partial charge in [0.15, 0.2) is 0 Å². The molecule has 2 aromatic heterocycles. The summed E-state index contributed by atoms with van der Waals surface area (Å²) < 4.78 is 1.43. The molecule has 0 spiro atoms. The van der Waals surface area contributed by atoms with Crippen molar-refractivity contribution in [3.05, 3.63) is 28.9 Å². The van der Waals surface area contributed by atoms with Crippen LogP contribution >= 0.6 is 0 Å². The monoisotopic (exact) mass is 123 g/mol. The Balaban J connectivity index is 3.17. The summed E-state index contributed by atoms with van der Waals surface area (Å²) >= 11 is 0. The van der Waals surface area contributed by atoms with Gasteiger partial charge in [0.1, 0.15) is 0 Å². The van der Waals surface area contributed by atoms with E-state index in [1.807, 2.05) is 6.07 Å². The van der Waals surface area contributed by atoms with Crippen molar-refractivity contribution in [1.29, 1.82) is 0 Å². The number of aromatic amines is 2. The van der Waals surface area contributed by atoms with Crippen LogP contribution in [0.3, 0.4) is 0 Å². The van der Waals surface area contributed by atoms with E-state index in [0.717, 1.165) is 5.52 Å². The normalized spacial score (nSPS) is 10.7. The molecule has 0 aliphatic heterocycles. The van der Waals surface area contributed by atoms with E-state index in [1.54, 1.807) is 12.4 Å². The van der Waals surface area contributed by atoms with Crippen molar-refractivity contribution < 1.29 is 0 Å². The fourth-order valence-electron chi connectivity index (χ4n) is 0.835. The lowest BCUT2D eigenvalue weighted by atomic mass is 10.6. The lowest BCUT2D eigenvalue weighted by molar-refractivity contribution is 0.906. The molecule has 0 aromatic carbocycles. The summed E-state index contributed by atoms with van der Waals surface area (Å²) in [5.41, 5.74) is 0.731. The molecule has 0 radical (unpaired) electrons. The second-order valence-electron chi connectivity index (χ2n) is 1.82. The highest BCUT2D eigenvalue weighted by molar-refractivity contribution is 5.42. The Morgan fingerprint density at radius 3 is 3.22 bits per heavy atom. The van der Waals surface area contributed by atoms with Crippen LogP contribution in [0.4, 0.5) is 0 Å². The second kappa shape index (κ2) is 1.28. The summed E-state index contributed by atoms with van der Waals surface area (Å²) in [6.45, 7) is 0. The molecular weight excluding hydrogens is 118 g/mol. The summed E-state index contributed by atoms with van der Waals surface area (Å²) in [6, 6.07) is 1.82. The number of H-pyrrole nitrogens is 2. The fourth-order valence-corrected chi connectivity index (χ4v) is 0.835. The van der Waals surface area contributed by atoms with Crippen molar-refractivity contribution in [2.45, 2.75) is 0 Å². The maximum absolute atomic E-state index is 10.7. The predicted molar refractivity (Wildman–Crippen MR) is 32.4 cm³/mol. The number of hydrogen-bond donors (Lipinski definition) is 2. The van der Waals surface area contributed by atoms with E-state index in [4.69, 9.17) is 0 Å². The van der Waals surface area contributed by atoms with E-state index in [1.165, 1.54) is 4.52 Å². The van der Waals surface area contributed by atoms with Crippen LogP contribution in [-0.2, 0) is 0 Å². The maximum atomic E-state index is 10.7. The van der Waals surface area contributed by atoms with Gasteiger partial charge in [-0.2, -0.15) is 0 Å². The van der Waals surface area contributed by atoms with E-state index in [9.17, 15) is 4.79 Å². The lowest BCUT2D eigenvalue weighted by Gasteiger charge is -1.74. The molecule has 46 valence electrons. The Morgan fingerprint density at radius 1 is 1.56 bits per heavy atom. The van der Waals surface area contributed by atoms with Gasteiger partial charge in [0, 0.05) is 12.4 Å². The van der Waals surface area contributed by atoms with Crippen molar-refractivity contribution in [2.75, 3.05) is 0 Å². The van der Waals surface area contributed by atoms with Gasteiger partial charge in [-0.25, -0.2) is 9.31 Å². The molecule has 2 heterocycles. The zero-order valence-electron chi connectivity index (χ0n) is 4.59. The van der Waals surface area contributed by atoms with Crippen molar-refractivity contribution in [1.82, 2.24) is 14.6 Å². The molecule has 4 heteroatoms. The van der Waals surface area contributed by atoms with Gasteiger partial charge in [0.25, 0.3) is 0 Å². The summed E-state index contributed by atoms with van der Waals surface area (Å²) in [5, 5.41) is 2.74. The molecular formula is C5H5N3O. The highest BCUT2D eigenvalue weighted by atomic mass is 16.1. The Bertz CT molecular complexity index is 366. The molecule has 0 aliphatic rings. The number of nitrogens with zero attached hydrogens (tertiary/aromatic N) is 1. The molecule has 0 bridgehead atoms. The molecule has 4 nitrogen and oxygen atoms in total. The van der Waals surface area contributed by atoms with E-state index in [0.29, 0.717) is 0 Å². The fraction of sp³-hybridized carbons (Fsp3) is 0. The van der Waals surface area contributed by atoms with Crippen LogP contribution in [0.1, 0.15) is 0 Å². The standard InChI is InChI=1S/C5H5N3O/c9-5-6-3-4-1-2-7-8(4)5/h1-3,7H,(H,6,9). The van der Waals surface area contributed by atoms with Gasteiger partial charge in [0.05, 0.1) is 5.52 Å². The molecule has 0 atom stereocenters. The molecule has 0 fully saturated rings. The quantitative estimate of drug-likeness (QED) is 0.507. The number of aromatic nitrogens is 3. The Kier molecular flexibility index (Phi) is 0.631. The van der Waals surface area contributed by atoms with Crippen LogP contribution in [0.5, 0.6) is 0 Å². The van der Waals surface area contributed by atoms with E-state index >= 15 is 0 Å². The van der Waals surface area contributed by atoms with Crippen LogP contribution in [0.25, 0.3) is 5.52 Å². The first-order chi connectivity index (χ1) is 4.38. The van der Waals surface area contributed by atoms with Crippen LogP contribution in [0, 0.1) is 0 Å². The lowest BCUT2D eigenvalue weighted by Crippen LogP contribution is -2.08. The first-order valence-electron chi connectivity index (χ1n) is 2.61. The number of hydrogen-bond acceptors (Lipinski definition) is 1. The number of nitrogens with one attached hydrogen (secondary N) is 2. The molecule has 2 rings (SSSR count). The largest absolute Gasteiger partial charge is 0.344 e. The van der Waals surface area contributed by atoms with Gasteiger partial charge in [-0.3, -0.25) is 5.10 Å². The number of fused-ring (bicyclic) bond motifs is 1. The molecule has 2 N–H and O–H groups in total. The van der Waals surface area contributed by atoms with Gasteiger partial charge in [-0.1, -0.05) is 0 Å². The van der Waals surface area contributed by atoms with E-state index in [-0.39, 0.29) is 5.69 Å². The maximum Gasteiger partial charge on any atom is 0.344 e. The minimum Gasteiger partial charge on any atom is -0.311 e. The molecule has 0 unspecified atom stereocenters. The number of rotatable bonds is 0. The van der Waals surface area contributed by atoms with Crippen molar-refractivity contribution in [3.63, 3.8) is 0 Å². The summed E-state index contributed by atoms with van der Waals surface area (Å²) in [7, 11) is 0. The molecule has 0 saturated heterocycles. The number of imidazole rings is 1. The first-order valence-corrected chi connectivity index (χ1v) is 2.61. The minimum atomic E-state index is -0.130. The summed E-state index contributed by atoms with van der Waals surface area (Å²) in [5.74, 6) is 0. The van der Waals surface area contributed by atoms with Crippen molar-refractivity contribution in [2.24, 2.45) is 0 Å². The smallest absolute Gasteiger partial charge is 0.311 e. The van der Waals surface area contributed by atoms with Crippen LogP contribution in [0.2, 0.25) is 0 Å². The summed E-state index contributed by atoms with van der Waals surface area (Å²) in [4.78, 5) is 13.2. The highest BCUT2D eigenvalue weighted by Gasteiger charge is 1.93. The predicted octanol–water partition coefficient (Wildman–Crippen LogP) is -0.0443. The zero-order chi connectivity index (χ0) is 6.27. The molecule has 0 aliphatic carbocycles. The van der Waals surface area contributed by atoms with Crippen molar-refractivity contribution in [3.8, 4) is 0 Å². The molecule has 9 heavy (non-hydrogen) atoms. The van der Waals surface area contributed by atoms with Gasteiger partial charge >= 0.3 is 5.69 Å². The third kappa shape index (κ3) is 0.440. The van der Waals surface area contributed by atoms with E-state index < -0.39 is 0 Å². The Labute approximate surface area is 50.1 Å². The molecule has 0 saturated carbocycles. The van der Waals surface area contributed by atoms with Gasteiger partial charge in [-0.05, 0) is 6.07 Å². The van der Waals surface area contributed by atoms with Crippen LogP contribution in [-0.4, -0.2) is 14.6 Å². The topological polar surface area (TPSA) is 53.1 Å². The minimum absolute atomic E-state index is 0.130. The van der Waals surface area contributed by atoms with Crippen LogP contribution in [0.15, 0.2) is 23.3 Å². The molecule has 0 amide bonds. The summed E-state index contributed by atoms with van der Waals surface area (Å²) in [6.07, 6.45) is 3.36.